The Labute approximate surface area is 220 Å². The SMILES string of the molecule is c1cncc(-c2ccc3ccc4c(-c5ccc(-c6cccc7cnccc67)cc5)ccc5ccc2c3c54)c1. The standard InChI is InChI=1S/C36H22N2/c1-3-27-22-38-20-18-32(27)29(5-1)23-6-8-24(9-7-23)30-14-10-25-13-17-34-31(28-4-2-19-37-21-28)15-11-26-12-16-33(30)35(25)36(26)34/h1-22H. The van der Waals surface area contributed by atoms with Crippen molar-refractivity contribution >= 4 is 43.1 Å². The third kappa shape index (κ3) is 3.14. The Kier molecular flexibility index (Phi) is 4.55. The fourth-order valence-corrected chi connectivity index (χ4v) is 6.03. The van der Waals surface area contributed by atoms with Crippen molar-refractivity contribution in [2.24, 2.45) is 0 Å². The van der Waals surface area contributed by atoms with Gasteiger partial charge < -0.3 is 0 Å². The summed E-state index contributed by atoms with van der Waals surface area (Å²) in [5.41, 5.74) is 7.29. The number of hydrogen-bond donors (Lipinski definition) is 0. The van der Waals surface area contributed by atoms with Crippen molar-refractivity contribution in [1.82, 2.24) is 9.97 Å². The first-order chi connectivity index (χ1) is 18.8. The minimum Gasteiger partial charge on any atom is -0.264 e. The monoisotopic (exact) mass is 482 g/mol. The maximum Gasteiger partial charge on any atom is 0.0346 e. The lowest BCUT2D eigenvalue weighted by molar-refractivity contribution is 1.33. The van der Waals surface area contributed by atoms with Gasteiger partial charge in [0, 0.05) is 35.7 Å². The van der Waals surface area contributed by atoms with Crippen molar-refractivity contribution in [3.63, 3.8) is 0 Å². The van der Waals surface area contributed by atoms with Crippen molar-refractivity contribution in [3.05, 3.63) is 134 Å². The molecule has 0 unspecified atom stereocenters. The molecular weight excluding hydrogens is 460 g/mol. The second-order valence-corrected chi connectivity index (χ2v) is 9.87. The molecule has 6 aromatic carbocycles. The summed E-state index contributed by atoms with van der Waals surface area (Å²) in [6, 6.07) is 39.7. The van der Waals surface area contributed by atoms with Gasteiger partial charge in [0.25, 0.3) is 0 Å². The lowest BCUT2D eigenvalue weighted by Crippen LogP contribution is -1.90. The zero-order chi connectivity index (χ0) is 25.1. The summed E-state index contributed by atoms with van der Waals surface area (Å²) in [5.74, 6) is 0. The van der Waals surface area contributed by atoms with Crippen LogP contribution in [0.25, 0.3) is 76.5 Å². The largest absolute Gasteiger partial charge is 0.264 e. The van der Waals surface area contributed by atoms with E-state index >= 15 is 0 Å². The van der Waals surface area contributed by atoms with Gasteiger partial charge in [-0.15, -0.1) is 0 Å². The van der Waals surface area contributed by atoms with Crippen LogP contribution in [0.5, 0.6) is 0 Å². The van der Waals surface area contributed by atoms with E-state index in [0.717, 1.165) is 10.9 Å². The number of rotatable bonds is 3. The molecule has 0 bridgehead atoms. The fourth-order valence-electron chi connectivity index (χ4n) is 6.03. The summed E-state index contributed by atoms with van der Waals surface area (Å²) in [6.07, 6.45) is 7.57. The Morgan fingerprint density at radius 1 is 0.342 bits per heavy atom. The predicted molar refractivity (Wildman–Crippen MR) is 160 cm³/mol. The molecule has 0 spiro atoms. The smallest absolute Gasteiger partial charge is 0.0346 e. The maximum atomic E-state index is 4.37. The number of hydrogen-bond acceptors (Lipinski definition) is 2. The first-order valence-electron chi connectivity index (χ1n) is 12.9. The molecule has 0 saturated heterocycles. The second-order valence-electron chi connectivity index (χ2n) is 9.87. The topological polar surface area (TPSA) is 25.8 Å². The van der Waals surface area contributed by atoms with E-state index in [1.807, 2.05) is 30.9 Å². The van der Waals surface area contributed by atoms with Crippen LogP contribution in [0.4, 0.5) is 0 Å². The van der Waals surface area contributed by atoms with Crippen LogP contribution in [0.3, 0.4) is 0 Å². The number of fused-ring (bicyclic) bond motifs is 1. The van der Waals surface area contributed by atoms with E-state index in [0.29, 0.717) is 0 Å². The normalized spacial score (nSPS) is 11.7. The molecule has 2 heteroatoms. The molecule has 8 aromatic rings. The highest BCUT2D eigenvalue weighted by Gasteiger charge is 2.15. The van der Waals surface area contributed by atoms with Crippen LogP contribution in [-0.4, -0.2) is 9.97 Å². The highest BCUT2D eigenvalue weighted by Crippen LogP contribution is 2.42. The van der Waals surface area contributed by atoms with Crippen LogP contribution in [-0.2, 0) is 0 Å². The van der Waals surface area contributed by atoms with Crippen molar-refractivity contribution in [1.29, 1.82) is 0 Å². The van der Waals surface area contributed by atoms with Gasteiger partial charge in [0.1, 0.15) is 0 Å². The summed E-state index contributed by atoms with van der Waals surface area (Å²) < 4.78 is 0. The minimum atomic E-state index is 1.14. The molecule has 0 atom stereocenters. The van der Waals surface area contributed by atoms with Gasteiger partial charge in [0.2, 0.25) is 0 Å². The van der Waals surface area contributed by atoms with Crippen molar-refractivity contribution in [2.75, 3.05) is 0 Å². The summed E-state index contributed by atoms with van der Waals surface area (Å²) in [4.78, 5) is 8.65. The molecule has 2 nitrogen and oxygen atoms in total. The molecule has 2 heterocycles. The number of benzene rings is 6. The van der Waals surface area contributed by atoms with Crippen LogP contribution < -0.4 is 0 Å². The molecule has 0 radical (unpaired) electrons. The molecule has 0 N–H and O–H groups in total. The molecule has 0 aliphatic heterocycles. The fraction of sp³-hybridized carbons (Fsp3) is 0. The maximum absolute atomic E-state index is 4.37. The van der Waals surface area contributed by atoms with Gasteiger partial charge in [-0.2, -0.15) is 0 Å². The summed E-state index contributed by atoms with van der Waals surface area (Å²) >= 11 is 0. The highest BCUT2D eigenvalue weighted by molar-refractivity contribution is 6.27. The quantitative estimate of drug-likeness (QED) is 0.234. The molecule has 0 amide bonds. The van der Waals surface area contributed by atoms with Crippen LogP contribution in [0.1, 0.15) is 0 Å². The highest BCUT2D eigenvalue weighted by atomic mass is 14.6. The Morgan fingerprint density at radius 3 is 1.61 bits per heavy atom. The van der Waals surface area contributed by atoms with Crippen molar-refractivity contribution in [3.8, 4) is 33.4 Å². The lowest BCUT2D eigenvalue weighted by atomic mass is 9.87. The molecule has 8 rings (SSSR count). The third-order valence-corrected chi connectivity index (χ3v) is 7.82. The molecule has 0 aliphatic carbocycles. The van der Waals surface area contributed by atoms with Crippen LogP contribution in [0, 0.1) is 0 Å². The average molecular weight is 483 g/mol. The Bertz CT molecular complexity index is 2100. The average Bonchev–Trinajstić information content (AvgIpc) is 3.00. The van der Waals surface area contributed by atoms with Gasteiger partial charge in [-0.1, -0.05) is 97.1 Å². The van der Waals surface area contributed by atoms with Crippen LogP contribution in [0.2, 0.25) is 0 Å². The zero-order valence-corrected chi connectivity index (χ0v) is 20.6. The summed E-state index contributed by atoms with van der Waals surface area (Å²) in [6.45, 7) is 0. The van der Waals surface area contributed by atoms with Gasteiger partial charge in [-0.25, -0.2) is 0 Å². The number of nitrogens with zero attached hydrogens (tertiary/aromatic N) is 2. The van der Waals surface area contributed by atoms with E-state index in [1.165, 1.54) is 65.5 Å². The van der Waals surface area contributed by atoms with Gasteiger partial charge in [-0.05, 0) is 77.7 Å². The zero-order valence-electron chi connectivity index (χ0n) is 20.6. The van der Waals surface area contributed by atoms with E-state index in [1.54, 1.807) is 0 Å². The molecule has 2 aromatic heterocycles. The molecule has 0 fully saturated rings. The van der Waals surface area contributed by atoms with Crippen LogP contribution in [0.15, 0.2) is 134 Å². The van der Waals surface area contributed by atoms with Crippen LogP contribution >= 0.6 is 0 Å². The number of pyridine rings is 2. The first kappa shape index (κ1) is 21.0. The van der Waals surface area contributed by atoms with Gasteiger partial charge in [-0.3, -0.25) is 9.97 Å². The minimum absolute atomic E-state index is 1.14. The van der Waals surface area contributed by atoms with Gasteiger partial charge in [0.05, 0.1) is 0 Å². The second kappa shape index (κ2) is 8.22. The Balaban J connectivity index is 1.31. The van der Waals surface area contributed by atoms with Gasteiger partial charge in [0.15, 0.2) is 0 Å². The molecule has 38 heavy (non-hydrogen) atoms. The number of aromatic nitrogens is 2. The van der Waals surface area contributed by atoms with E-state index in [-0.39, 0.29) is 0 Å². The van der Waals surface area contributed by atoms with E-state index in [4.69, 9.17) is 0 Å². The van der Waals surface area contributed by atoms with E-state index in [9.17, 15) is 0 Å². The molecular formula is C36H22N2. The molecule has 176 valence electrons. The van der Waals surface area contributed by atoms with Gasteiger partial charge >= 0.3 is 0 Å². The summed E-state index contributed by atoms with van der Waals surface area (Å²) in [7, 11) is 0. The van der Waals surface area contributed by atoms with E-state index in [2.05, 4.69) is 113 Å². The Hall–Kier alpha value is -5.08. The Morgan fingerprint density at radius 2 is 0.947 bits per heavy atom. The molecule has 0 saturated carbocycles. The first-order valence-corrected chi connectivity index (χ1v) is 12.9. The summed E-state index contributed by atoms with van der Waals surface area (Å²) in [5, 5.41) is 10.1. The van der Waals surface area contributed by atoms with Crippen molar-refractivity contribution < 1.29 is 0 Å². The molecule has 0 aliphatic rings. The van der Waals surface area contributed by atoms with E-state index < -0.39 is 0 Å². The van der Waals surface area contributed by atoms with Crippen molar-refractivity contribution in [2.45, 2.75) is 0 Å². The lowest BCUT2D eigenvalue weighted by Gasteiger charge is -2.16. The third-order valence-electron chi connectivity index (χ3n) is 7.82. The predicted octanol–water partition coefficient (Wildman–Crippen LogP) is 9.53.